The van der Waals surface area contributed by atoms with Crippen molar-refractivity contribution in [3.05, 3.63) is 34.3 Å². The van der Waals surface area contributed by atoms with Gasteiger partial charge in [-0.2, -0.15) is 5.26 Å². The highest BCUT2D eigenvalue weighted by Crippen LogP contribution is 2.22. The Morgan fingerprint density at radius 1 is 1.44 bits per heavy atom. The Hall–Kier alpha value is -1.08. The average Bonchev–Trinajstić information content (AvgIpc) is 2.41. The van der Waals surface area contributed by atoms with Gasteiger partial charge in [-0.3, -0.25) is 4.90 Å². The summed E-state index contributed by atoms with van der Waals surface area (Å²) in [6, 6.07) is 7.83. The summed E-state index contributed by atoms with van der Waals surface area (Å²) in [6.07, 6.45) is 3.37. The molecule has 1 fully saturated rings. The Kier molecular flexibility index (Phi) is 4.60. The summed E-state index contributed by atoms with van der Waals surface area (Å²) in [7, 11) is 0. The second kappa shape index (κ2) is 6.19. The molecule has 4 heteroatoms. The monoisotopic (exact) mass is 264 g/mol. The van der Waals surface area contributed by atoms with E-state index in [1.165, 1.54) is 6.42 Å². The van der Waals surface area contributed by atoms with Crippen LogP contribution >= 0.6 is 11.6 Å². The first kappa shape index (κ1) is 13.4. The van der Waals surface area contributed by atoms with E-state index < -0.39 is 0 Å². The summed E-state index contributed by atoms with van der Waals surface area (Å²) in [5, 5.41) is 19.1. The third-order valence-corrected chi connectivity index (χ3v) is 3.76. The molecule has 1 aliphatic heterocycles. The molecule has 0 saturated carbocycles. The van der Waals surface area contributed by atoms with Crippen LogP contribution in [-0.2, 0) is 6.54 Å². The number of rotatable bonds is 3. The van der Waals surface area contributed by atoms with Crippen LogP contribution in [0.1, 0.15) is 30.4 Å². The summed E-state index contributed by atoms with van der Waals surface area (Å²) in [6.45, 7) is 1.89. The van der Waals surface area contributed by atoms with Gasteiger partial charge in [-0.05, 0) is 37.1 Å². The van der Waals surface area contributed by atoms with Crippen LogP contribution in [0.15, 0.2) is 18.2 Å². The highest BCUT2D eigenvalue weighted by atomic mass is 35.5. The van der Waals surface area contributed by atoms with Crippen LogP contribution in [0.25, 0.3) is 0 Å². The number of likely N-dealkylation sites (tertiary alicyclic amines) is 1. The fraction of sp³-hybridized carbons (Fsp3) is 0.500. The fourth-order valence-electron chi connectivity index (χ4n) is 2.48. The standard InChI is InChI=1S/C14H17ClN2O/c15-13-5-4-11(12(7-13)8-16)9-17-6-2-1-3-14(17)10-18/h4-5,7,14,18H,1-3,6,9-10H2. The van der Waals surface area contributed by atoms with E-state index in [0.29, 0.717) is 17.1 Å². The molecule has 0 spiro atoms. The Bertz CT molecular complexity index is 456. The van der Waals surface area contributed by atoms with Crippen LogP contribution in [-0.4, -0.2) is 29.2 Å². The number of benzene rings is 1. The molecule has 18 heavy (non-hydrogen) atoms. The Morgan fingerprint density at radius 3 is 3.00 bits per heavy atom. The van der Waals surface area contributed by atoms with E-state index in [2.05, 4.69) is 11.0 Å². The van der Waals surface area contributed by atoms with Crippen LogP contribution in [0.3, 0.4) is 0 Å². The zero-order valence-electron chi connectivity index (χ0n) is 10.3. The minimum absolute atomic E-state index is 0.190. The summed E-state index contributed by atoms with van der Waals surface area (Å²) < 4.78 is 0. The van der Waals surface area contributed by atoms with Gasteiger partial charge in [0.25, 0.3) is 0 Å². The van der Waals surface area contributed by atoms with Gasteiger partial charge in [0, 0.05) is 17.6 Å². The lowest BCUT2D eigenvalue weighted by atomic mass is 10.0. The quantitative estimate of drug-likeness (QED) is 0.913. The second-order valence-corrected chi connectivity index (χ2v) is 5.15. The van der Waals surface area contributed by atoms with Gasteiger partial charge in [-0.15, -0.1) is 0 Å². The van der Waals surface area contributed by atoms with Gasteiger partial charge in [0.15, 0.2) is 0 Å². The predicted octanol–water partition coefficient (Wildman–Crippen LogP) is 2.56. The summed E-state index contributed by atoms with van der Waals surface area (Å²) in [5.41, 5.74) is 1.62. The van der Waals surface area contributed by atoms with Crippen molar-refractivity contribution in [2.45, 2.75) is 31.8 Å². The van der Waals surface area contributed by atoms with Gasteiger partial charge in [-0.1, -0.05) is 24.1 Å². The number of nitriles is 1. The largest absolute Gasteiger partial charge is 0.395 e. The van der Waals surface area contributed by atoms with Crippen LogP contribution < -0.4 is 0 Å². The van der Waals surface area contributed by atoms with E-state index >= 15 is 0 Å². The molecule has 2 rings (SSSR count). The molecule has 1 unspecified atom stereocenters. The topological polar surface area (TPSA) is 47.3 Å². The van der Waals surface area contributed by atoms with Crippen molar-refractivity contribution >= 4 is 11.6 Å². The maximum absolute atomic E-state index is 9.38. The molecule has 0 aliphatic carbocycles. The third kappa shape index (κ3) is 3.02. The summed E-state index contributed by atoms with van der Waals surface area (Å²) >= 11 is 5.89. The zero-order chi connectivity index (χ0) is 13.0. The SMILES string of the molecule is N#Cc1cc(Cl)ccc1CN1CCCCC1CO. The molecule has 0 bridgehead atoms. The van der Waals surface area contributed by atoms with Gasteiger partial charge in [0.05, 0.1) is 18.2 Å². The number of aliphatic hydroxyl groups is 1. The van der Waals surface area contributed by atoms with Crippen molar-refractivity contribution in [3.63, 3.8) is 0 Å². The highest BCUT2D eigenvalue weighted by molar-refractivity contribution is 6.30. The van der Waals surface area contributed by atoms with Crippen molar-refractivity contribution in [2.24, 2.45) is 0 Å². The van der Waals surface area contributed by atoms with Crippen LogP contribution in [0.2, 0.25) is 5.02 Å². The molecule has 1 saturated heterocycles. The summed E-state index contributed by atoms with van der Waals surface area (Å²) in [4.78, 5) is 2.26. The first-order valence-corrected chi connectivity index (χ1v) is 6.66. The second-order valence-electron chi connectivity index (χ2n) is 4.72. The van der Waals surface area contributed by atoms with E-state index in [1.807, 2.05) is 12.1 Å². The van der Waals surface area contributed by atoms with E-state index in [4.69, 9.17) is 16.9 Å². The van der Waals surface area contributed by atoms with Gasteiger partial charge >= 0.3 is 0 Å². The Balaban J connectivity index is 2.15. The molecule has 0 amide bonds. The third-order valence-electron chi connectivity index (χ3n) is 3.53. The molecule has 1 aromatic rings. The molecule has 1 aliphatic rings. The number of aliphatic hydroxyl groups excluding tert-OH is 1. The summed E-state index contributed by atoms with van der Waals surface area (Å²) in [5.74, 6) is 0. The lowest BCUT2D eigenvalue weighted by Crippen LogP contribution is -2.41. The van der Waals surface area contributed by atoms with E-state index in [0.717, 1.165) is 24.9 Å². The van der Waals surface area contributed by atoms with Crippen molar-refractivity contribution in [2.75, 3.05) is 13.2 Å². The zero-order valence-corrected chi connectivity index (χ0v) is 11.0. The van der Waals surface area contributed by atoms with Crippen LogP contribution in [0.5, 0.6) is 0 Å². The van der Waals surface area contributed by atoms with E-state index in [-0.39, 0.29) is 12.6 Å². The van der Waals surface area contributed by atoms with Gasteiger partial charge in [0.1, 0.15) is 0 Å². The lowest BCUT2D eigenvalue weighted by Gasteiger charge is -2.34. The molecular weight excluding hydrogens is 248 g/mol. The van der Waals surface area contributed by atoms with Gasteiger partial charge < -0.3 is 5.11 Å². The van der Waals surface area contributed by atoms with Crippen molar-refractivity contribution in [1.29, 1.82) is 5.26 Å². The van der Waals surface area contributed by atoms with Crippen molar-refractivity contribution in [3.8, 4) is 6.07 Å². The minimum atomic E-state index is 0.190. The average molecular weight is 265 g/mol. The fourth-order valence-corrected chi connectivity index (χ4v) is 2.66. The predicted molar refractivity (Wildman–Crippen MR) is 71.3 cm³/mol. The molecule has 1 atom stereocenters. The smallest absolute Gasteiger partial charge is 0.0995 e. The minimum Gasteiger partial charge on any atom is -0.395 e. The normalized spacial score (nSPS) is 20.6. The van der Waals surface area contributed by atoms with E-state index in [9.17, 15) is 5.11 Å². The maximum Gasteiger partial charge on any atom is 0.0995 e. The molecule has 1 heterocycles. The number of nitrogens with zero attached hydrogens (tertiary/aromatic N) is 2. The maximum atomic E-state index is 9.38. The molecule has 1 N–H and O–H groups in total. The molecular formula is C14H17ClN2O. The number of hydrogen-bond donors (Lipinski definition) is 1. The Morgan fingerprint density at radius 2 is 2.28 bits per heavy atom. The number of piperidine rings is 1. The van der Waals surface area contributed by atoms with Crippen molar-refractivity contribution < 1.29 is 5.11 Å². The molecule has 0 aromatic heterocycles. The molecule has 3 nitrogen and oxygen atoms in total. The van der Waals surface area contributed by atoms with Crippen LogP contribution in [0, 0.1) is 11.3 Å². The van der Waals surface area contributed by atoms with E-state index in [1.54, 1.807) is 6.07 Å². The molecule has 0 radical (unpaired) electrons. The molecule has 1 aromatic carbocycles. The highest BCUT2D eigenvalue weighted by Gasteiger charge is 2.22. The van der Waals surface area contributed by atoms with Gasteiger partial charge in [-0.25, -0.2) is 0 Å². The lowest BCUT2D eigenvalue weighted by molar-refractivity contribution is 0.0840. The number of hydrogen-bond acceptors (Lipinski definition) is 3. The Labute approximate surface area is 113 Å². The first-order valence-electron chi connectivity index (χ1n) is 6.28. The van der Waals surface area contributed by atoms with Crippen LogP contribution in [0.4, 0.5) is 0 Å². The number of halogens is 1. The first-order chi connectivity index (χ1) is 8.74. The van der Waals surface area contributed by atoms with Gasteiger partial charge in [0.2, 0.25) is 0 Å². The molecule has 96 valence electrons. The van der Waals surface area contributed by atoms with Crippen molar-refractivity contribution in [1.82, 2.24) is 4.90 Å².